The van der Waals surface area contributed by atoms with Crippen LogP contribution in [0.3, 0.4) is 0 Å². The maximum Gasteiger partial charge on any atom is 0.573 e. The molecule has 0 atom stereocenters. The second kappa shape index (κ2) is 10.8. The number of aromatic nitrogens is 1. The molecule has 10 heteroatoms. The van der Waals surface area contributed by atoms with E-state index in [2.05, 4.69) is 20.4 Å². The van der Waals surface area contributed by atoms with Gasteiger partial charge in [-0.3, -0.25) is 9.59 Å². The molecule has 0 fully saturated rings. The van der Waals surface area contributed by atoms with Crippen LogP contribution in [0.2, 0.25) is 0 Å². The normalized spacial score (nSPS) is 11.0. The summed E-state index contributed by atoms with van der Waals surface area (Å²) >= 11 is 0. The number of nitrogen functional groups attached to an aromatic ring is 1. The highest BCUT2D eigenvalue weighted by atomic mass is 19.4. The van der Waals surface area contributed by atoms with Gasteiger partial charge in [0.05, 0.1) is 5.56 Å². The molecule has 0 saturated carbocycles. The molecule has 0 bridgehead atoms. The minimum atomic E-state index is -5.03. The minimum absolute atomic E-state index is 0.0260. The van der Waals surface area contributed by atoms with Crippen LogP contribution in [0.15, 0.2) is 91.1 Å². The molecule has 0 spiro atoms. The van der Waals surface area contributed by atoms with E-state index in [0.29, 0.717) is 11.3 Å². The van der Waals surface area contributed by atoms with Crippen LogP contribution in [0.5, 0.6) is 5.75 Å². The van der Waals surface area contributed by atoms with Gasteiger partial charge in [-0.05, 0) is 53.1 Å². The quantitative estimate of drug-likeness (QED) is 0.311. The van der Waals surface area contributed by atoms with Crippen molar-refractivity contribution in [2.45, 2.75) is 12.9 Å². The van der Waals surface area contributed by atoms with Crippen molar-refractivity contribution in [3.63, 3.8) is 0 Å². The number of hydrogen-bond donors (Lipinski definition) is 3. The number of alkyl halides is 3. The summed E-state index contributed by atoms with van der Waals surface area (Å²) in [7, 11) is 0. The Balaban J connectivity index is 1.52. The number of carbonyl (C=O) groups is 2. The number of benzene rings is 3. The maximum absolute atomic E-state index is 12.9. The lowest BCUT2D eigenvalue weighted by Gasteiger charge is -2.15. The molecule has 0 aliphatic rings. The van der Waals surface area contributed by atoms with E-state index in [1.807, 2.05) is 42.5 Å². The molecule has 1 aromatic heterocycles. The highest BCUT2D eigenvalue weighted by Gasteiger charge is 2.33. The van der Waals surface area contributed by atoms with Gasteiger partial charge in [0.15, 0.2) is 0 Å². The van der Waals surface area contributed by atoms with Crippen molar-refractivity contribution >= 4 is 23.3 Å². The lowest BCUT2D eigenvalue weighted by atomic mass is 10.1. The zero-order chi connectivity index (χ0) is 26.4. The Labute approximate surface area is 210 Å². The topological polar surface area (TPSA) is 106 Å². The number of rotatable bonds is 7. The summed E-state index contributed by atoms with van der Waals surface area (Å²) in [6.45, 7) is -0.0260. The van der Waals surface area contributed by atoms with E-state index in [4.69, 9.17) is 5.73 Å². The van der Waals surface area contributed by atoms with Crippen LogP contribution in [-0.4, -0.2) is 23.2 Å². The third kappa shape index (κ3) is 6.85. The molecule has 4 aromatic rings. The standard InChI is InChI=1S/C27H21F3N4O3/c28-27(29,30)37-23-12-9-20(14-22(23)26(36)33-16-17-6-13-24(31)32-15-17)25(35)34-21-10-7-19(8-11-21)18-4-2-1-3-5-18/h1-15H,16H2,(H2,31,32)(H,33,36)(H,34,35). The zero-order valence-electron chi connectivity index (χ0n) is 19.3. The number of nitrogens with zero attached hydrogens (tertiary/aromatic N) is 1. The van der Waals surface area contributed by atoms with Crippen molar-refractivity contribution in [1.29, 1.82) is 0 Å². The molecule has 37 heavy (non-hydrogen) atoms. The zero-order valence-corrected chi connectivity index (χ0v) is 19.3. The fourth-order valence-corrected chi connectivity index (χ4v) is 3.46. The predicted molar refractivity (Wildman–Crippen MR) is 133 cm³/mol. The number of halogens is 3. The number of hydrogen-bond acceptors (Lipinski definition) is 5. The molecule has 4 rings (SSSR count). The number of pyridine rings is 1. The molecule has 7 nitrogen and oxygen atoms in total. The van der Waals surface area contributed by atoms with E-state index in [9.17, 15) is 22.8 Å². The second-order valence-electron chi connectivity index (χ2n) is 7.93. The van der Waals surface area contributed by atoms with Crippen LogP contribution in [0.4, 0.5) is 24.7 Å². The number of ether oxygens (including phenoxy) is 1. The van der Waals surface area contributed by atoms with Crippen LogP contribution >= 0.6 is 0 Å². The Hall–Kier alpha value is -4.86. The Morgan fingerprint density at radius 3 is 2.22 bits per heavy atom. The van der Waals surface area contributed by atoms with Gasteiger partial charge in [0.2, 0.25) is 0 Å². The Kier molecular flexibility index (Phi) is 7.38. The fourth-order valence-electron chi connectivity index (χ4n) is 3.46. The molecule has 3 aromatic carbocycles. The van der Waals surface area contributed by atoms with Crippen molar-refractivity contribution in [1.82, 2.24) is 10.3 Å². The monoisotopic (exact) mass is 506 g/mol. The summed E-state index contributed by atoms with van der Waals surface area (Å²) in [5.41, 5.74) is 8.05. The van der Waals surface area contributed by atoms with Crippen LogP contribution < -0.4 is 21.1 Å². The first-order chi connectivity index (χ1) is 17.7. The smallest absolute Gasteiger partial charge is 0.405 e. The van der Waals surface area contributed by atoms with Crippen LogP contribution in [0.1, 0.15) is 26.3 Å². The number of amides is 2. The first kappa shape index (κ1) is 25.2. The summed E-state index contributed by atoms with van der Waals surface area (Å²) < 4.78 is 42.8. The van der Waals surface area contributed by atoms with Crippen LogP contribution in [-0.2, 0) is 6.54 Å². The van der Waals surface area contributed by atoms with Gasteiger partial charge in [-0.1, -0.05) is 48.5 Å². The largest absolute Gasteiger partial charge is 0.573 e. The first-order valence-corrected chi connectivity index (χ1v) is 11.0. The van der Waals surface area contributed by atoms with Crippen LogP contribution in [0.25, 0.3) is 11.1 Å². The van der Waals surface area contributed by atoms with E-state index >= 15 is 0 Å². The Morgan fingerprint density at radius 2 is 1.57 bits per heavy atom. The molecule has 4 N–H and O–H groups in total. The lowest BCUT2D eigenvalue weighted by molar-refractivity contribution is -0.274. The number of anilines is 2. The predicted octanol–water partition coefficient (Wildman–Crippen LogP) is 5.41. The third-order valence-electron chi connectivity index (χ3n) is 5.26. The summed E-state index contributed by atoms with van der Waals surface area (Å²) in [5, 5.41) is 5.18. The molecule has 0 radical (unpaired) electrons. The molecule has 0 saturated heterocycles. The Morgan fingerprint density at radius 1 is 0.865 bits per heavy atom. The summed E-state index contributed by atoms with van der Waals surface area (Å²) in [6.07, 6.45) is -3.60. The highest BCUT2D eigenvalue weighted by Crippen LogP contribution is 2.28. The summed E-state index contributed by atoms with van der Waals surface area (Å²) in [6, 6.07) is 23.0. The molecule has 0 unspecified atom stereocenters. The van der Waals surface area contributed by atoms with E-state index in [-0.39, 0.29) is 17.9 Å². The van der Waals surface area contributed by atoms with Gasteiger partial charge in [0, 0.05) is 24.0 Å². The molecule has 0 aliphatic heterocycles. The Bertz CT molecular complexity index is 1390. The van der Waals surface area contributed by atoms with Gasteiger partial charge in [-0.25, -0.2) is 4.98 Å². The van der Waals surface area contributed by atoms with Crippen molar-refractivity contribution in [3.05, 3.63) is 108 Å². The second-order valence-corrected chi connectivity index (χ2v) is 7.93. The van der Waals surface area contributed by atoms with Crippen molar-refractivity contribution in [3.8, 4) is 16.9 Å². The lowest BCUT2D eigenvalue weighted by Crippen LogP contribution is -2.26. The summed E-state index contributed by atoms with van der Waals surface area (Å²) in [4.78, 5) is 29.5. The van der Waals surface area contributed by atoms with E-state index < -0.39 is 29.5 Å². The fraction of sp³-hybridized carbons (Fsp3) is 0.0741. The third-order valence-corrected chi connectivity index (χ3v) is 5.26. The van der Waals surface area contributed by atoms with Crippen LogP contribution in [0, 0.1) is 0 Å². The van der Waals surface area contributed by atoms with E-state index in [1.165, 1.54) is 12.3 Å². The molecular weight excluding hydrogens is 485 g/mol. The maximum atomic E-state index is 12.9. The minimum Gasteiger partial charge on any atom is -0.405 e. The molecular formula is C27H21F3N4O3. The van der Waals surface area contributed by atoms with Crippen molar-refractivity contribution < 1.29 is 27.5 Å². The highest BCUT2D eigenvalue weighted by molar-refractivity contribution is 6.07. The first-order valence-electron chi connectivity index (χ1n) is 11.0. The van der Waals surface area contributed by atoms with Gasteiger partial charge < -0.3 is 21.1 Å². The van der Waals surface area contributed by atoms with Gasteiger partial charge in [-0.15, -0.1) is 13.2 Å². The SMILES string of the molecule is Nc1ccc(CNC(=O)c2cc(C(=O)Nc3ccc(-c4ccccc4)cc3)ccc2OC(F)(F)F)cn1. The molecule has 0 aliphatic carbocycles. The van der Waals surface area contributed by atoms with Gasteiger partial charge in [0.25, 0.3) is 11.8 Å². The van der Waals surface area contributed by atoms with Gasteiger partial charge in [0.1, 0.15) is 11.6 Å². The molecule has 2 amide bonds. The number of carbonyl (C=O) groups excluding carboxylic acids is 2. The van der Waals surface area contributed by atoms with Gasteiger partial charge in [-0.2, -0.15) is 0 Å². The van der Waals surface area contributed by atoms with Crippen molar-refractivity contribution in [2.24, 2.45) is 0 Å². The van der Waals surface area contributed by atoms with Gasteiger partial charge >= 0.3 is 6.36 Å². The number of nitrogens with two attached hydrogens (primary N) is 1. The molecule has 1 heterocycles. The van der Waals surface area contributed by atoms with E-state index in [0.717, 1.165) is 29.3 Å². The number of nitrogens with one attached hydrogen (secondary N) is 2. The summed E-state index contributed by atoms with van der Waals surface area (Å²) in [5.74, 6) is -1.92. The molecule has 188 valence electrons. The average molecular weight is 506 g/mol. The van der Waals surface area contributed by atoms with E-state index in [1.54, 1.807) is 18.2 Å². The average Bonchev–Trinajstić information content (AvgIpc) is 2.88. The van der Waals surface area contributed by atoms with Crippen molar-refractivity contribution in [2.75, 3.05) is 11.1 Å².